The number of fused-ring (bicyclic) bond motifs is 2. The molecular formula is C18H18N2. The van der Waals surface area contributed by atoms with Gasteiger partial charge >= 0.3 is 0 Å². The van der Waals surface area contributed by atoms with Gasteiger partial charge in [0, 0.05) is 31.0 Å². The van der Waals surface area contributed by atoms with Crippen molar-refractivity contribution in [1.82, 2.24) is 9.88 Å². The van der Waals surface area contributed by atoms with Crippen molar-refractivity contribution in [3.63, 3.8) is 0 Å². The van der Waals surface area contributed by atoms with Crippen LogP contribution >= 0.6 is 0 Å². The minimum atomic E-state index is 0.485. The summed E-state index contributed by atoms with van der Waals surface area (Å²) in [6.07, 6.45) is 9.90. The Kier molecular flexibility index (Phi) is 2.89. The van der Waals surface area contributed by atoms with Gasteiger partial charge in [-0.1, -0.05) is 48.6 Å². The zero-order valence-corrected chi connectivity index (χ0v) is 11.4. The van der Waals surface area contributed by atoms with Crippen molar-refractivity contribution in [3.8, 4) is 0 Å². The Morgan fingerprint density at radius 2 is 1.95 bits per heavy atom. The third-order valence-electron chi connectivity index (χ3n) is 4.52. The maximum atomic E-state index is 4.30. The molecule has 0 spiro atoms. The molecule has 0 saturated carbocycles. The van der Waals surface area contributed by atoms with Crippen molar-refractivity contribution >= 4 is 0 Å². The van der Waals surface area contributed by atoms with E-state index < -0.39 is 0 Å². The molecule has 1 aliphatic carbocycles. The lowest BCUT2D eigenvalue weighted by Crippen LogP contribution is -2.32. The monoisotopic (exact) mass is 262 g/mol. The van der Waals surface area contributed by atoms with Crippen LogP contribution in [0.1, 0.15) is 23.6 Å². The smallest absolute Gasteiger partial charge is 0.0436 e. The van der Waals surface area contributed by atoms with Crippen molar-refractivity contribution in [3.05, 3.63) is 78.1 Å². The van der Waals surface area contributed by atoms with E-state index in [1.807, 2.05) is 18.5 Å². The molecular weight excluding hydrogens is 244 g/mol. The van der Waals surface area contributed by atoms with Crippen LogP contribution in [0.15, 0.2) is 67.0 Å². The summed E-state index contributed by atoms with van der Waals surface area (Å²) in [7, 11) is 0. The van der Waals surface area contributed by atoms with Crippen molar-refractivity contribution in [2.24, 2.45) is 5.92 Å². The van der Waals surface area contributed by atoms with E-state index in [1.54, 1.807) is 0 Å². The maximum Gasteiger partial charge on any atom is 0.0436 e. The average molecular weight is 262 g/mol. The molecule has 2 heterocycles. The Labute approximate surface area is 119 Å². The van der Waals surface area contributed by atoms with Crippen LogP contribution in [0.25, 0.3) is 0 Å². The predicted molar refractivity (Wildman–Crippen MR) is 80.0 cm³/mol. The number of aromatic nitrogens is 1. The van der Waals surface area contributed by atoms with E-state index in [1.165, 1.54) is 17.5 Å². The number of rotatable bonds is 3. The van der Waals surface area contributed by atoms with Gasteiger partial charge in [0.25, 0.3) is 0 Å². The standard InChI is InChI=1S/C18H18N2/c1-2-5-14(6-3-1)13-20-17-9-8-15(11-17)18(20)16-7-4-10-19-12-16/h1-10,12,15,17-18H,11,13H2. The highest BCUT2D eigenvalue weighted by Gasteiger charge is 2.42. The maximum absolute atomic E-state index is 4.30. The van der Waals surface area contributed by atoms with Crippen LogP contribution < -0.4 is 0 Å². The molecule has 1 aromatic carbocycles. The van der Waals surface area contributed by atoms with Gasteiger partial charge in [-0.05, 0) is 29.5 Å². The van der Waals surface area contributed by atoms with Crippen molar-refractivity contribution in [2.45, 2.75) is 25.0 Å². The van der Waals surface area contributed by atoms with E-state index in [2.05, 4.69) is 58.4 Å². The summed E-state index contributed by atoms with van der Waals surface area (Å²) >= 11 is 0. The first kappa shape index (κ1) is 11.9. The molecule has 100 valence electrons. The van der Waals surface area contributed by atoms with Gasteiger partial charge < -0.3 is 0 Å². The average Bonchev–Trinajstić information content (AvgIpc) is 3.10. The van der Waals surface area contributed by atoms with Gasteiger partial charge in [-0.25, -0.2) is 0 Å². The second-order valence-electron chi connectivity index (χ2n) is 5.74. The van der Waals surface area contributed by atoms with Gasteiger partial charge in [-0.2, -0.15) is 0 Å². The van der Waals surface area contributed by atoms with Gasteiger partial charge in [-0.15, -0.1) is 0 Å². The Morgan fingerprint density at radius 3 is 2.75 bits per heavy atom. The zero-order valence-electron chi connectivity index (χ0n) is 11.4. The molecule has 2 heteroatoms. The number of benzene rings is 1. The molecule has 0 radical (unpaired) electrons. The largest absolute Gasteiger partial charge is 0.285 e. The van der Waals surface area contributed by atoms with Crippen molar-refractivity contribution in [2.75, 3.05) is 0 Å². The van der Waals surface area contributed by atoms with E-state index in [0.717, 1.165) is 6.54 Å². The summed E-state index contributed by atoms with van der Waals surface area (Å²) in [6, 6.07) is 16.1. The second kappa shape index (κ2) is 4.88. The first-order chi connectivity index (χ1) is 9.92. The molecule has 0 amide bonds. The number of hydrogen-bond donors (Lipinski definition) is 0. The molecule has 2 nitrogen and oxygen atoms in total. The van der Waals surface area contributed by atoms with Gasteiger partial charge in [0.05, 0.1) is 0 Å². The molecule has 1 aliphatic heterocycles. The number of hydrogen-bond acceptors (Lipinski definition) is 2. The second-order valence-corrected chi connectivity index (χ2v) is 5.74. The highest BCUT2D eigenvalue weighted by atomic mass is 15.2. The molecule has 3 unspecified atom stereocenters. The van der Waals surface area contributed by atoms with Crippen molar-refractivity contribution < 1.29 is 0 Å². The molecule has 2 bridgehead atoms. The number of pyridine rings is 1. The SMILES string of the molecule is C1=CC2CC1C(c1cccnc1)N2Cc1ccccc1. The van der Waals surface area contributed by atoms with Crippen LogP contribution in [0.2, 0.25) is 0 Å². The van der Waals surface area contributed by atoms with Crippen LogP contribution in [0.3, 0.4) is 0 Å². The summed E-state index contributed by atoms with van der Waals surface area (Å²) < 4.78 is 0. The Balaban J connectivity index is 1.65. The van der Waals surface area contributed by atoms with E-state index >= 15 is 0 Å². The fourth-order valence-corrected chi connectivity index (χ4v) is 3.64. The Bertz CT molecular complexity index is 606. The third kappa shape index (κ3) is 1.97. The number of likely N-dealkylation sites (tertiary alicyclic amines) is 1. The van der Waals surface area contributed by atoms with E-state index in [9.17, 15) is 0 Å². The quantitative estimate of drug-likeness (QED) is 0.786. The van der Waals surface area contributed by atoms with Gasteiger partial charge in [0.15, 0.2) is 0 Å². The molecule has 0 N–H and O–H groups in total. The molecule has 1 aromatic heterocycles. The minimum absolute atomic E-state index is 0.485. The predicted octanol–water partition coefficient (Wildman–Crippen LogP) is 3.58. The molecule has 3 atom stereocenters. The number of nitrogens with zero attached hydrogens (tertiary/aromatic N) is 2. The summed E-state index contributed by atoms with van der Waals surface area (Å²) in [5.74, 6) is 0.646. The zero-order chi connectivity index (χ0) is 13.4. The molecule has 4 rings (SSSR count). The summed E-state index contributed by atoms with van der Waals surface area (Å²) in [5, 5.41) is 0. The van der Waals surface area contributed by atoms with E-state index in [4.69, 9.17) is 0 Å². The van der Waals surface area contributed by atoms with Crippen molar-refractivity contribution in [1.29, 1.82) is 0 Å². The van der Waals surface area contributed by atoms with Crippen LogP contribution in [0, 0.1) is 5.92 Å². The van der Waals surface area contributed by atoms with E-state index in [-0.39, 0.29) is 0 Å². The van der Waals surface area contributed by atoms with Gasteiger partial charge in [0.1, 0.15) is 0 Å². The molecule has 1 saturated heterocycles. The first-order valence-corrected chi connectivity index (χ1v) is 7.30. The summed E-state index contributed by atoms with van der Waals surface area (Å²) in [6.45, 7) is 1.02. The van der Waals surface area contributed by atoms with Gasteiger partial charge in [-0.3, -0.25) is 9.88 Å². The highest BCUT2D eigenvalue weighted by molar-refractivity contribution is 5.27. The first-order valence-electron chi connectivity index (χ1n) is 7.30. The fraction of sp³-hybridized carbons (Fsp3) is 0.278. The highest BCUT2D eigenvalue weighted by Crippen LogP contribution is 2.46. The molecule has 20 heavy (non-hydrogen) atoms. The Hall–Kier alpha value is -1.93. The molecule has 2 aromatic rings. The lowest BCUT2D eigenvalue weighted by molar-refractivity contribution is 0.191. The van der Waals surface area contributed by atoms with E-state index in [0.29, 0.717) is 18.0 Å². The normalized spacial score (nSPS) is 28.1. The van der Waals surface area contributed by atoms with Gasteiger partial charge in [0.2, 0.25) is 0 Å². The topological polar surface area (TPSA) is 16.1 Å². The van der Waals surface area contributed by atoms with Crippen LogP contribution in [-0.4, -0.2) is 15.9 Å². The van der Waals surface area contributed by atoms with Crippen LogP contribution in [-0.2, 0) is 6.54 Å². The van der Waals surface area contributed by atoms with Crippen LogP contribution in [0.5, 0.6) is 0 Å². The van der Waals surface area contributed by atoms with Crippen LogP contribution in [0.4, 0.5) is 0 Å². The Morgan fingerprint density at radius 1 is 1.05 bits per heavy atom. The lowest BCUT2D eigenvalue weighted by Gasteiger charge is -2.32. The fourth-order valence-electron chi connectivity index (χ4n) is 3.64. The molecule has 1 fully saturated rings. The summed E-state index contributed by atoms with van der Waals surface area (Å²) in [5.41, 5.74) is 2.74. The molecule has 2 aliphatic rings. The minimum Gasteiger partial charge on any atom is -0.285 e. The summed E-state index contributed by atoms with van der Waals surface area (Å²) in [4.78, 5) is 6.93. The third-order valence-corrected chi connectivity index (χ3v) is 4.52. The lowest BCUT2D eigenvalue weighted by atomic mass is 9.95.